The van der Waals surface area contributed by atoms with Crippen LogP contribution in [-0.4, -0.2) is 44.2 Å². The Labute approximate surface area is 109 Å². The van der Waals surface area contributed by atoms with Crippen molar-refractivity contribution in [2.75, 3.05) is 45.1 Å². The number of hydrogen-bond acceptors (Lipinski definition) is 4. The van der Waals surface area contributed by atoms with Crippen LogP contribution in [0.4, 0.5) is 5.69 Å². The second kappa shape index (κ2) is 7.24. The summed E-state index contributed by atoms with van der Waals surface area (Å²) in [5.74, 6) is 0.904. The van der Waals surface area contributed by atoms with Crippen molar-refractivity contribution in [3.05, 3.63) is 24.3 Å². The zero-order valence-electron chi connectivity index (χ0n) is 10.9. The average Bonchev–Trinajstić information content (AvgIpc) is 2.65. The Kier molecular flexibility index (Phi) is 5.30. The largest absolute Gasteiger partial charge is 0.494 e. The van der Waals surface area contributed by atoms with Gasteiger partial charge in [-0.2, -0.15) is 0 Å². The van der Waals surface area contributed by atoms with E-state index in [9.17, 15) is 0 Å². The zero-order chi connectivity index (χ0) is 12.6. The number of rotatable bonds is 5. The molecular weight excluding hydrogens is 226 g/mol. The molecule has 0 bridgehead atoms. The van der Waals surface area contributed by atoms with Crippen molar-refractivity contribution in [3.8, 4) is 5.75 Å². The van der Waals surface area contributed by atoms with Crippen molar-refractivity contribution in [2.24, 2.45) is 0 Å². The first-order valence-corrected chi connectivity index (χ1v) is 6.76. The number of nitrogens with one attached hydrogen (secondary N) is 1. The number of benzene rings is 1. The maximum atomic E-state index is 5.69. The fourth-order valence-corrected chi connectivity index (χ4v) is 2.17. The summed E-state index contributed by atoms with van der Waals surface area (Å²) in [6, 6.07) is 7.59. The van der Waals surface area contributed by atoms with E-state index in [0.717, 1.165) is 50.6 Å². The molecule has 4 heteroatoms. The standard InChI is InChI=1S/C14H23N3O/c15-13-3-5-14(6-4-13)18-12-2-10-17-9-1-7-16-8-11-17/h3-6,16H,1-2,7-12,15H2. The Balaban J connectivity index is 1.61. The first kappa shape index (κ1) is 13.2. The molecule has 1 saturated heterocycles. The molecule has 0 amide bonds. The molecule has 1 fully saturated rings. The molecule has 0 aromatic heterocycles. The quantitative estimate of drug-likeness (QED) is 0.610. The Hall–Kier alpha value is -1.26. The minimum Gasteiger partial charge on any atom is -0.494 e. The summed E-state index contributed by atoms with van der Waals surface area (Å²) in [4.78, 5) is 2.51. The van der Waals surface area contributed by atoms with Gasteiger partial charge in [0.05, 0.1) is 6.61 Å². The second-order valence-corrected chi connectivity index (χ2v) is 4.72. The Morgan fingerprint density at radius 2 is 2.00 bits per heavy atom. The molecule has 4 nitrogen and oxygen atoms in total. The van der Waals surface area contributed by atoms with E-state index in [1.807, 2.05) is 24.3 Å². The molecule has 0 radical (unpaired) electrons. The number of hydrogen-bond donors (Lipinski definition) is 2. The van der Waals surface area contributed by atoms with E-state index in [1.165, 1.54) is 13.0 Å². The van der Waals surface area contributed by atoms with Gasteiger partial charge in [0.15, 0.2) is 0 Å². The molecule has 0 saturated carbocycles. The highest BCUT2D eigenvalue weighted by atomic mass is 16.5. The summed E-state index contributed by atoms with van der Waals surface area (Å²) in [6.45, 7) is 6.51. The number of ether oxygens (including phenoxy) is 1. The van der Waals surface area contributed by atoms with Crippen molar-refractivity contribution in [1.82, 2.24) is 10.2 Å². The monoisotopic (exact) mass is 249 g/mol. The maximum absolute atomic E-state index is 5.69. The lowest BCUT2D eigenvalue weighted by Gasteiger charge is -2.19. The van der Waals surface area contributed by atoms with Crippen LogP contribution in [0, 0.1) is 0 Å². The molecule has 1 aromatic rings. The topological polar surface area (TPSA) is 50.5 Å². The predicted octanol–water partition coefficient (Wildman–Crippen LogP) is 1.33. The molecular formula is C14H23N3O. The Morgan fingerprint density at radius 1 is 1.17 bits per heavy atom. The van der Waals surface area contributed by atoms with E-state index < -0.39 is 0 Å². The van der Waals surface area contributed by atoms with E-state index in [0.29, 0.717) is 0 Å². The lowest BCUT2D eigenvalue weighted by molar-refractivity contribution is 0.244. The molecule has 3 N–H and O–H groups in total. The second-order valence-electron chi connectivity index (χ2n) is 4.72. The number of nitrogen functional groups attached to an aromatic ring is 1. The van der Waals surface area contributed by atoms with Gasteiger partial charge >= 0.3 is 0 Å². The molecule has 18 heavy (non-hydrogen) atoms. The van der Waals surface area contributed by atoms with Crippen molar-refractivity contribution < 1.29 is 4.74 Å². The third kappa shape index (κ3) is 4.55. The molecule has 100 valence electrons. The summed E-state index contributed by atoms with van der Waals surface area (Å²) < 4.78 is 5.69. The van der Waals surface area contributed by atoms with Crippen LogP contribution in [0.1, 0.15) is 12.8 Å². The molecule has 1 heterocycles. The van der Waals surface area contributed by atoms with Crippen molar-refractivity contribution in [3.63, 3.8) is 0 Å². The SMILES string of the molecule is Nc1ccc(OCCCN2CCCNCC2)cc1. The van der Waals surface area contributed by atoms with E-state index in [1.54, 1.807) is 0 Å². The maximum Gasteiger partial charge on any atom is 0.119 e. The van der Waals surface area contributed by atoms with E-state index in [4.69, 9.17) is 10.5 Å². The van der Waals surface area contributed by atoms with Gasteiger partial charge in [-0.15, -0.1) is 0 Å². The molecule has 1 aromatic carbocycles. The van der Waals surface area contributed by atoms with Gasteiger partial charge in [-0.05, 0) is 50.2 Å². The molecule has 1 aliphatic heterocycles. The average molecular weight is 249 g/mol. The van der Waals surface area contributed by atoms with Crippen molar-refractivity contribution >= 4 is 5.69 Å². The third-order valence-corrected chi connectivity index (χ3v) is 3.20. The van der Waals surface area contributed by atoms with Gasteiger partial charge in [0.2, 0.25) is 0 Å². The highest BCUT2D eigenvalue weighted by molar-refractivity contribution is 5.41. The summed E-state index contributed by atoms with van der Waals surface area (Å²) >= 11 is 0. The van der Waals surface area contributed by atoms with Crippen LogP contribution >= 0.6 is 0 Å². The van der Waals surface area contributed by atoms with E-state index in [-0.39, 0.29) is 0 Å². The predicted molar refractivity (Wildman–Crippen MR) is 74.9 cm³/mol. The Morgan fingerprint density at radius 3 is 2.83 bits per heavy atom. The van der Waals surface area contributed by atoms with Crippen LogP contribution in [0.5, 0.6) is 5.75 Å². The summed E-state index contributed by atoms with van der Waals surface area (Å²) in [5.41, 5.74) is 6.40. The minimum atomic E-state index is 0.772. The van der Waals surface area contributed by atoms with E-state index in [2.05, 4.69) is 10.2 Å². The van der Waals surface area contributed by atoms with Gasteiger partial charge < -0.3 is 20.7 Å². The first-order valence-electron chi connectivity index (χ1n) is 6.76. The van der Waals surface area contributed by atoms with Crippen molar-refractivity contribution in [2.45, 2.75) is 12.8 Å². The fourth-order valence-electron chi connectivity index (χ4n) is 2.17. The summed E-state index contributed by atoms with van der Waals surface area (Å²) in [6.07, 6.45) is 2.32. The fraction of sp³-hybridized carbons (Fsp3) is 0.571. The first-order chi connectivity index (χ1) is 8.84. The van der Waals surface area contributed by atoms with Crippen LogP contribution < -0.4 is 15.8 Å². The molecule has 0 spiro atoms. The van der Waals surface area contributed by atoms with E-state index >= 15 is 0 Å². The zero-order valence-corrected chi connectivity index (χ0v) is 10.9. The van der Waals surface area contributed by atoms with Crippen LogP contribution in [0.3, 0.4) is 0 Å². The third-order valence-electron chi connectivity index (χ3n) is 3.20. The number of nitrogens with two attached hydrogens (primary N) is 1. The highest BCUT2D eigenvalue weighted by Crippen LogP contribution is 2.13. The van der Waals surface area contributed by atoms with Gasteiger partial charge in [0.1, 0.15) is 5.75 Å². The Bertz CT molecular complexity index is 331. The summed E-state index contributed by atoms with van der Waals surface area (Å²) in [5, 5.41) is 3.41. The van der Waals surface area contributed by atoms with Crippen LogP contribution in [0.2, 0.25) is 0 Å². The normalized spacial score (nSPS) is 17.3. The minimum absolute atomic E-state index is 0.772. The highest BCUT2D eigenvalue weighted by Gasteiger charge is 2.07. The van der Waals surface area contributed by atoms with Gasteiger partial charge in [0.25, 0.3) is 0 Å². The number of anilines is 1. The molecule has 0 unspecified atom stereocenters. The number of nitrogens with zero attached hydrogens (tertiary/aromatic N) is 1. The lowest BCUT2D eigenvalue weighted by Crippen LogP contribution is -2.29. The van der Waals surface area contributed by atoms with Crippen LogP contribution in [0.25, 0.3) is 0 Å². The van der Waals surface area contributed by atoms with Gasteiger partial charge in [0, 0.05) is 25.3 Å². The molecule has 1 aliphatic rings. The molecule has 2 rings (SSSR count). The smallest absolute Gasteiger partial charge is 0.119 e. The molecule has 0 aliphatic carbocycles. The lowest BCUT2D eigenvalue weighted by atomic mass is 10.3. The van der Waals surface area contributed by atoms with Gasteiger partial charge in [-0.3, -0.25) is 0 Å². The van der Waals surface area contributed by atoms with Crippen LogP contribution in [0.15, 0.2) is 24.3 Å². The van der Waals surface area contributed by atoms with Crippen molar-refractivity contribution in [1.29, 1.82) is 0 Å². The van der Waals surface area contributed by atoms with Gasteiger partial charge in [-0.25, -0.2) is 0 Å². The molecule has 0 atom stereocenters. The summed E-state index contributed by atoms with van der Waals surface area (Å²) in [7, 11) is 0. The van der Waals surface area contributed by atoms with Gasteiger partial charge in [-0.1, -0.05) is 0 Å². The van der Waals surface area contributed by atoms with Crippen LogP contribution in [-0.2, 0) is 0 Å².